The number of nitrogens with one attached hydrogen (secondary N) is 1. The molecule has 0 aliphatic rings. The van der Waals surface area contributed by atoms with Gasteiger partial charge in [-0.05, 0) is 38.5 Å². The maximum Gasteiger partial charge on any atom is 0.305 e. The third-order valence-corrected chi connectivity index (χ3v) is 4.74. The molecule has 1 heterocycles. The minimum atomic E-state index is -1.10. The summed E-state index contributed by atoms with van der Waals surface area (Å²) in [5.41, 5.74) is 2.73. The van der Waals surface area contributed by atoms with E-state index in [-0.39, 0.29) is 17.4 Å². The molecular formula is C18H21ClFN3O3. The molecule has 1 aromatic carbocycles. The highest BCUT2D eigenvalue weighted by Crippen LogP contribution is 2.26. The van der Waals surface area contributed by atoms with E-state index in [1.807, 2.05) is 13.8 Å². The lowest BCUT2D eigenvalue weighted by Crippen LogP contribution is -2.33. The maximum atomic E-state index is 13.7. The van der Waals surface area contributed by atoms with E-state index in [4.69, 9.17) is 16.7 Å². The van der Waals surface area contributed by atoms with Crippen LogP contribution in [0, 0.1) is 19.7 Å². The second-order valence-electron chi connectivity index (χ2n) is 6.26. The van der Waals surface area contributed by atoms with E-state index < -0.39 is 23.7 Å². The van der Waals surface area contributed by atoms with Crippen LogP contribution >= 0.6 is 11.6 Å². The summed E-state index contributed by atoms with van der Waals surface area (Å²) >= 11 is 5.68. The summed E-state index contributed by atoms with van der Waals surface area (Å²) in [6.07, 6.45) is -0.370. The molecule has 1 aromatic heterocycles. The first-order chi connectivity index (χ1) is 12.1. The Labute approximate surface area is 156 Å². The number of carbonyl (C=O) groups is 2. The van der Waals surface area contributed by atoms with Gasteiger partial charge in [0.1, 0.15) is 5.82 Å². The normalized spacial score (nSPS) is 13.3. The molecule has 0 aliphatic heterocycles. The van der Waals surface area contributed by atoms with Gasteiger partial charge in [0, 0.05) is 18.3 Å². The van der Waals surface area contributed by atoms with Crippen LogP contribution in [0.15, 0.2) is 18.2 Å². The molecule has 140 valence electrons. The summed E-state index contributed by atoms with van der Waals surface area (Å²) in [6, 6.07) is 3.12. The molecule has 0 spiro atoms. The Morgan fingerprint density at radius 1 is 1.38 bits per heavy atom. The lowest BCUT2D eigenvalue weighted by atomic mass is 9.96. The Bertz CT molecular complexity index is 850. The van der Waals surface area contributed by atoms with Crippen molar-refractivity contribution in [1.29, 1.82) is 0 Å². The Balaban J connectivity index is 2.28. The number of aliphatic carboxylic acids is 1. The lowest BCUT2D eigenvalue weighted by Gasteiger charge is -2.21. The van der Waals surface area contributed by atoms with Crippen LogP contribution in [0.1, 0.15) is 47.8 Å². The first-order valence-electron chi connectivity index (χ1n) is 8.09. The SMILES string of the molecule is Cc1nn(C)c(C)c1C(C)C(=O)NC(CC(=O)O)c1ccc(Cl)c(F)c1. The fourth-order valence-corrected chi connectivity index (χ4v) is 3.12. The number of aryl methyl sites for hydroxylation is 2. The fraction of sp³-hybridized carbons (Fsp3) is 0.389. The van der Waals surface area contributed by atoms with Crippen LogP contribution in [-0.2, 0) is 16.6 Å². The van der Waals surface area contributed by atoms with Crippen LogP contribution < -0.4 is 5.32 Å². The number of aromatic nitrogens is 2. The molecule has 2 unspecified atom stereocenters. The molecule has 8 heteroatoms. The maximum absolute atomic E-state index is 13.7. The van der Waals surface area contributed by atoms with Crippen LogP contribution in [0.5, 0.6) is 0 Å². The van der Waals surface area contributed by atoms with Crippen molar-refractivity contribution in [2.75, 3.05) is 0 Å². The van der Waals surface area contributed by atoms with Crippen LogP contribution in [-0.4, -0.2) is 26.8 Å². The molecule has 2 aromatic rings. The topological polar surface area (TPSA) is 84.2 Å². The Kier molecular flexibility index (Phi) is 6.02. The minimum absolute atomic E-state index is 0.0656. The zero-order valence-electron chi connectivity index (χ0n) is 15.0. The quantitative estimate of drug-likeness (QED) is 0.804. The molecule has 0 saturated heterocycles. The van der Waals surface area contributed by atoms with E-state index in [1.165, 1.54) is 12.1 Å². The Hall–Kier alpha value is -2.41. The monoisotopic (exact) mass is 381 g/mol. The van der Waals surface area contributed by atoms with Gasteiger partial charge in [0.25, 0.3) is 0 Å². The van der Waals surface area contributed by atoms with Gasteiger partial charge in [-0.2, -0.15) is 5.10 Å². The van der Waals surface area contributed by atoms with Crippen LogP contribution in [0.4, 0.5) is 4.39 Å². The standard InChI is InChI=1S/C18H21ClFN3O3/c1-9(17-10(2)22-23(4)11(17)3)18(26)21-15(8-16(24)25)12-5-6-13(19)14(20)7-12/h5-7,9,15H,8H2,1-4H3,(H,21,26)(H,24,25). The van der Waals surface area contributed by atoms with E-state index in [0.29, 0.717) is 5.56 Å². The number of carboxylic acids is 1. The molecule has 2 atom stereocenters. The van der Waals surface area contributed by atoms with Crippen molar-refractivity contribution in [1.82, 2.24) is 15.1 Å². The van der Waals surface area contributed by atoms with Gasteiger partial charge in [0.15, 0.2) is 0 Å². The second-order valence-corrected chi connectivity index (χ2v) is 6.67. The summed E-state index contributed by atoms with van der Waals surface area (Å²) in [5, 5.41) is 16.1. The number of carboxylic acid groups (broad SMARTS) is 1. The molecule has 0 saturated carbocycles. The highest BCUT2D eigenvalue weighted by atomic mass is 35.5. The van der Waals surface area contributed by atoms with Crippen LogP contribution in [0.3, 0.4) is 0 Å². The predicted molar refractivity (Wildman–Crippen MR) is 95.6 cm³/mol. The molecule has 0 bridgehead atoms. The molecule has 1 amide bonds. The molecule has 0 fully saturated rings. The van der Waals surface area contributed by atoms with Gasteiger partial charge >= 0.3 is 5.97 Å². The number of nitrogens with zero attached hydrogens (tertiary/aromatic N) is 2. The van der Waals surface area contributed by atoms with Gasteiger partial charge in [-0.15, -0.1) is 0 Å². The summed E-state index contributed by atoms with van der Waals surface area (Å²) < 4.78 is 15.4. The van der Waals surface area contributed by atoms with Gasteiger partial charge in [-0.25, -0.2) is 4.39 Å². The number of hydrogen-bond acceptors (Lipinski definition) is 3. The zero-order valence-corrected chi connectivity index (χ0v) is 15.8. The highest BCUT2D eigenvalue weighted by Gasteiger charge is 2.26. The van der Waals surface area contributed by atoms with E-state index >= 15 is 0 Å². The highest BCUT2D eigenvalue weighted by molar-refractivity contribution is 6.30. The van der Waals surface area contributed by atoms with Crippen molar-refractivity contribution in [2.24, 2.45) is 7.05 Å². The molecule has 0 radical (unpaired) electrons. The van der Waals surface area contributed by atoms with Crippen molar-refractivity contribution in [3.63, 3.8) is 0 Å². The molecule has 0 aliphatic carbocycles. The van der Waals surface area contributed by atoms with Gasteiger partial charge in [-0.3, -0.25) is 14.3 Å². The number of carbonyl (C=O) groups excluding carboxylic acids is 1. The van der Waals surface area contributed by atoms with Gasteiger partial charge in [-0.1, -0.05) is 17.7 Å². The molecule has 6 nitrogen and oxygen atoms in total. The molecule has 2 rings (SSSR count). The van der Waals surface area contributed by atoms with Crippen molar-refractivity contribution in [3.8, 4) is 0 Å². The van der Waals surface area contributed by atoms with Crippen LogP contribution in [0.25, 0.3) is 0 Å². The van der Waals surface area contributed by atoms with E-state index in [0.717, 1.165) is 23.0 Å². The number of amides is 1. The van der Waals surface area contributed by atoms with E-state index in [1.54, 1.807) is 18.7 Å². The minimum Gasteiger partial charge on any atom is -0.481 e. The van der Waals surface area contributed by atoms with Gasteiger partial charge in [0.2, 0.25) is 5.91 Å². The number of hydrogen-bond donors (Lipinski definition) is 2. The average Bonchev–Trinajstić information content (AvgIpc) is 2.80. The van der Waals surface area contributed by atoms with Crippen LogP contribution in [0.2, 0.25) is 5.02 Å². The third kappa shape index (κ3) is 4.22. The molecule has 2 N–H and O–H groups in total. The number of rotatable bonds is 6. The van der Waals surface area contributed by atoms with E-state index in [2.05, 4.69) is 10.4 Å². The van der Waals surface area contributed by atoms with Gasteiger partial charge < -0.3 is 10.4 Å². The van der Waals surface area contributed by atoms with E-state index in [9.17, 15) is 14.0 Å². The van der Waals surface area contributed by atoms with Crippen molar-refractivity contribution in [2.45, 2.75) is 39.2 Å². The first kappa shape index (κ1) is 19.9. The Morgan fingerprint density at radius 3 is 2.54 bits per heavy atom. The first-order valence-corrected chi connectivity index (χ1v) is 8.46. The lowest BCUT2D eigenvalue weighted by molar-refractivity contribution is -0.137. The summed E-state index contributed by atoms with van der Waals surface area (Å²) in [6.45, 7) is 5.41. The van der Waals surface area contributed by atoms with Gasteiger partial charge in [0.05, 0.1) is 29.1 Å². The molecule has 26 heavy (non-hydrogen) atoms. The fourth-order valence-electron chi connectivity index (χ4n) is 3.00. The summed E-state index contributed by atoms with van der Waals surface area (Å²) in [4.78, 5) is 23.9. The average molecular weight is 382 g/mol. The van der Waals surface area contributed by atoms with Crippen molar-refractivity contribution in [3.05, 3.63) is 51.6 Å². The van der Waals surface area contributed by atoms with Crippen molar-refractivity contribution >= 4 is 23.5 Å². The third-order valence-electron chi connectivity index (χ3n) is 4.43. The zero-order chi connectivity index (χ0) is 19.6. The smallest absolute Gasteiger partial charge is 0.305 e. The van der Waals surface area contributed by atoms with Crippen molar-refractivity contribution < 1.29 is 19.1 Å². The second kappa shape index (κ2) is 7.86. The Morgan fingerprint density at radius 2 is 2.04 bits per heavy atom. The largest absolute Gasteiger partial charge is 0.481 e. The molecular weight excluding hydrogens is 361 g/mol. The summed E-state index contributed by atoms with van der Waals surface area (Å²) in [5.74, 6) is -2.66. The summed E-state index contributed by atoms with van der Waals surface area (Å²) in [7, 11) is 1.79. The number of benzene rings is 1. The predicted octanol–water partition coefficient (Wildman–Crippen LogP) is 3.27. The number of halogens is 2.